The summed E-state index contributed by atoms with van der Waals surface area (Å²) in [5.41, 5.74) is 4.18. The number of aromatic nitrogens is 1. The number of hydrogen-bond acceptors (Lipinski definition) is 4. The van der Waals surface area contributed by atoms with Crippen molar-refractivity contribution in [3.63, 3.8) is 0 Å². The van der Waals surface area contributed by atoms with Gasteiger partial charge in [-0.25, -0.2) is 9.37 Å². The molecule has 1 heterocycles. The molecule has 0 radical (unpaired) electrons. The number of alkyl halides is 3. The van der Waals surface area contributed by atoms with Crippen LogP contribution in [0.4, 0.5) is 34.8 Å². The molecule has 0 amide bonds. The number of nitrogen functional groups attached to an aromatic ring is 1. The van der Waals surface area contributed by atoms with E-state index in [0.29, 0.717) is 12.1 Å². The van der Waals surface area contributed by atoms with Crippen LogP contribution in [0.15, 0.2) is 30.3 Å². The average molecular weight is 296 g/mol. The predicted molar refractivity (Wildman–Crippen MR) is 68.0 cm³/mol. The zero-order valence-corrected chi connectivity index (χ0v) is 10.4. The Bertz CT molecular complexity index is 719. The summed E-state index contributed by atoms with van der Waals surface area (Å²) >= 11 is 0. The summed E-state index contributed by atoms with van der Waals surface area (Å²) in [6.45, 7) is 0. The van der Waals surface area contributed by atoms with Crippen molar-refractivity contribution in [1.82, 2.24) is 4.98 Å². The monoisotopic (exact) mass is 296 g/mol. The molecule has 0 fully saturated rings. The Morgan fingerprint density at radius 3 is 2.52 bits per heavy atom. The van der Waals surface area contributed by atoms with Crippen LogP contribution in [0.25, 0.3) is 0 Å². The van der Waals surface area contributed by atoms with Gasteiger partial charge >= 0.3 is 6.18 Å². The summed E-state index contributed by atoms with van der Waals surface area (Å²) in [6.07, 6.45) is -4.80. The van der Waals surface area contributed by atoms with E-state index in [4.69, 9.17) is 11.0 Å². The van der Waals surface area contributed by atoms with E-state index in [-0.39, 0.29) is 22.9 Å². The zero-order chi connectivity index (χ0) is 15.6. The molecular formula is C13H8F4N4. The maximum absolute atomic E-state index is 13.2. The molecule has 2 rings (SSSR count). The quantitative estimate of drug-likeness (QED) is 0.832. The lowest BCUT2D eigenvalue weighted by atomic mass is 10.2. The number of pyridine rings is 1. The number of nitrogens with two attached hydrogens (primary N) is 1. The second-order valence-electron chi connectivity index (χ2n) is 4.06. The van der Waals surface area contributed by atoms with Crippen molar-refractivity contribution in [1.29, 1.82) is 5.26 Å². The van der Waals surface area contributed by atoms with Crippen LogP contribution in [0.3, 0.4) is 0 Å². The summed E-state index contributed by atoms with van der Waals surface area (Å²) in [5, 5.41) is 11.3. The molecule has 0 aliphatic heterocycles. The van der Waals surface area contributed by atoms with Gasteiger partial charge in [0.15, 0.2) is 5.69 Å². The Morgan fingerprint density at radius 1 is 1.19 bits per heavy atom. The molecule has 0 atom stereocenters. The van der Waals surface area contributed by atoms with E-state index in [0.717, 1.165) is 6.07 Å². The van der Waals surface area contributed by atoms with Crippen molar-refractivity contribution in [3.05, 3.63) is 47.4 Å². The van der Waals surface area contributed by atoms with Crippen LogP contribution in [0.1, 0.15) is 11.3 Å². The Hall–Kier alpha value is -2.82. The number of nitriles is 1. The highest BCUT2D eigenvalue weighted by Crippen LogP contribution is 2.33. The van der Waals surface area contributed by atoms with Crippen molar-refractivity contribution in [2.45, 2.75) is 6.18 Å². The molecule has 1 aromatic carbocycles. The molecule has 1 aromatic heterocycles. The minimum Gasteiger partial charge on any atom is -0.396 e. The second kappa shape index (κ2) is 5.28. The average Bonchev–Trinajstić information content (AvgIpc) is 2.42. The topological polar surface area (TPSA) is 74.7 Å². The standard InChI is InChI=1S/C13H8F4N4/c14-9-2-1-7(5-8(9)13(15,16)17)20-12-4-3-10(19)11(6-18)21-12/h1-5H,19H2,(H,20,21). The van der Waals surface area contributed by atoms with E-state index >= 15 is 0 Å². The first-order valence-corrected chi connectivity index (χ1v) is 5.61. The van der Waals surface area contributed by atoms with Crippen molar-refractivity contribution in [2.24, 2.45) is 0 Å². The van der Waals surface area contributed by atoms with E-state index in [1.165, 1.54) is 12.1 Å². The molecule has 3 N–H and O–H groups in total. The van der Waals surface area contributed by atoms with Gasteiger partial charge in [-0.05, 0) is 30.3 Å². The normalized spacial score (nSPS) is 11.0. The highest BCUT2D eigenvalue weighted by molar-refractivity contribution is 5.61. The number of rotatable bonds is 2. The first-order valence-electron chi connectivity index (χ1n) is 5.61. The molecule has 0 unspecified atom stereocenters. The van der Waals surface area contributed by atoms with Crippen molar-refractivity contribution < 1.29 is 17.6 Å². The lowest BCUT2D eigenvalue weighted by molar-refractivity contribution is -0.139. The fourth-order valence-electron chi connectivity index (χ4n) is 1.60. The number of nitrogens with zero attached hydrogens (tertiary/aromatic N) is 2. The Morgan fingerprint density at radius 2 is 1.90 bits per heavy atom. The van der Waals surface area contributed by atoms with Crippen LogP contribution < -0.4 is 11.1 Å². The van der Waals surface area contributed by atoms with Gasteiger partial charge < -0.3 is 11.1 Å². The van der Waals surface area contributed by atoms with Gasteiger partial charge in [0.1, 0.15) is 17.7 Å². The molecule has 0 spiro atoms. The Labute approximate surface area is 116 Å². The SMILES string of the molecule is N#Cc1nc(Nc2ccc(F)c(C(F)(F)F)c2)ccc1N. The number of hydrogen-bond donors (Lipinski definition) is 2. The van der Waals surface area contributed by atoms with Crippen molar-refractivity contribution >= 4 is 17.2 Å². The van der Waals surface area contributed by atoms with Crippen LogP contribution in [0, 0.1) is 17.1 Å². The largest absolute Gasteiger partial charge is 0.419 e. The number of anilines is 3. The van der Waals surface area contributed by atoms with Gasteiger partial charge in [-0.15, -0.1) is 0 Å². The number of halogens is 4. The van der Waals surface area contributed by atoms with Gasteiger partial charge in [0.25, 0.3) is 0 Å². The Balaban J connectivity index is 2.35. The van der Waals surface area contributed by atoms with Gasteiger partial charge in [-0.1, -0.05) is 0 Å². The lowest BCUT2D eigenvalue weighted by Crippen LogP contribution is -2.09. The van der Waals surface area contributed by atoms with E-state index < -0.39 is 17.6 Å². The van der Waals surface area contributed by atoms with E-state index in [1.54, 1.807) is 6.07 Å². The fraction of sp³-hybridized carbons (Fsp3) is 0.0769. The molecular weight excluding hydrogens is 288 g/mol. The minimum atomic E-state index is -4.80. The summed E-state index contributed by atoms with van der Waals surface area (Å²) in [5.74, 6) is -1.24. The maximum atomic E-state index is 13.2. The minimum absolute atomic E-state index is 0.00936. The second-order valence-corrected chi connectivity index (χ2v) is 4.06. The first kappa shape index (κ1) is 14.6. The number of benzene rings is 1. The molecule has 21 heavy (non-hydrogen) atoms. The van der Waals surface area contributed by atoms with E-state index in [1.807, 2.05) is 0 Å². The third-order valence-corrected chi connectivity index (χ3v) is 2.58. The highest BCUT2D eigenvalue weighted by atomic mass is 19.4. The van der Waals surface area contributed by atoms with Crippen molar-refractivity contribution in [2.75, 3.05) is 11.1 Å². The van der Waals surface area contributed by atoms with Crippen LogP contribution >= 0.6 is 0 Å². The van der Waals surface area contributed by atoms with Gasteiger partial charge in [0.05, 0.1) is 11.3 Å². The van der Waals surface area contributed by atoms with Crippen LogP contribution in [0.5, 0.6) is 0 Å². The summed E-state index contributed by atoms with van der Waals surface area (Å²) in [7, 11) is 0. The summed E-state index contributed by atoms with van der Waals surface area (Å²) in [4.78, 5) is 3.83. The highest BCUT2D eigenvalue weighted by Gasteiger charge is 2.34. The van der Waals surface area contributed by atoms with Gasteiger partial charge in [-0.2, -0.15) is 18.4 Å². The van der Waals surface area contributed by atoms with Crippen LogP contribution in [-0.2, 0) is 6.18 Å². The zero-order valence-electron chi connectivity index (χ0n) is 10.4. The maximum Gasteiger partial charge on any atom is 0.419 e. The van der Waals surface area contributed by atoms with Gasteiger partial charge in [0, 0.05) is 5.69 Å². The summed E-state index contributed by atoms with van der Waals surface area (Å²) in [6, 6.07) is 7.00. The van der Waals surface area contributed by atoms with E-state index in [9.17, 15) is 17.6 Å². The fourth-order valence-corrected chi connectivity index (χ4v) is 1.60. The molecule has 108 valence electrons. The van der Waals surface area contributed by atoms with Gasteiger partial charge in [-0.3, -0.25) is 0 Å². The lowest BCUT2D eigenvalue weighted by Gasteiger charge is -2.11. The molecule has 0 bridgehead atoms. The molecule has 0 aliphatic rings. The van der Waals surface area contributed by atoms with Crippen LogP contribution in [-0.4, -0.2) is 4.98 Å². The number of nitrogens with one attached hydrogen (secondary N) is 1. The smallest absolute Gasteiger partial charge is 0.396 e. The van der Waals surface area contributed by atoms with Crippen molar-refractivity contribution in [3.8, 4) is 6.07 Å². The van der Waals surface area contributed by atoms with Gasteiger partial charge in [0.2, 0.25) is 0 Å². The molecule has 0 saturated carbocycles. The predicted octanol–water partition coefficient (Wildman–Crippen LogP) is 3.44. The van der Waals surface area contributed by atoms with Crippen LogP contribution in [0.2, 0.25) is 0 Å². The first-order chi connectivity index (χ1) is 9.81. The molecule has 0 aliphatic carbocycles. The van der Waals surface area contributed by atoms with E-state index in [2.05, 4.69) is 10.3 Å². The molecule has 2 aromatic rings. The third-order valence-electron chi connectivity index (χ3n) is 2.58. The molecule has 0 saturated heterocycles. The third kappa shape index (κ3) is 3.20. The summed E-state index contributed by atoms with van der Waals surface area (Å²) < 4.78 is 50.9. The molecule has 8 heteroatoms. The molecule has 4 nitrogen and oxygen atoms in total. The Kier molecular flexibility index (Phi) is 3.67.